The van der Waals surface area contributed by atoms with E-state index in [1.807, 2.05) is 18.7 Å². The fourth-order valence-corrected chi connectivity index (χ4v) is 3.24. The van der Waals surface area contributed by atoms with Crippen molar-refractivity contribution in [1.29, 1.82) is 0 Å². The Morgan fingerprint density at radius 3 is 2.63 bits per heavy atom. The molecular formula is C14H24BrN3O. The molecule has 5 heteroatoms. The second kappa shape index (κ2) is 5.94. The molecule has 19 heavy (non-hydrogen) atoms. The van der Waals surface area contributed by atoms with E-state index in [4.69, 9.17) is 0 Å². The van der Waals surface area contributed by atoms with Crippen molar-refractivity contribution >= 4 is 15.9 Å². The summed E-state index contributed by atoms with van der Waals surface area (Å²) in [5.41, 5.74) is 1.61. The lowest BCUT2D eigenvalue weighted by Gasteiger charge is -2.35. The number of nitrogens with zero attached hydrogens (tertiary/aromatic N) is 2. The van der Waals surface area contributed by atoms with Crippen LogP contribution in [0.3, 0.4) is 0 Å². The van der Waals surface area contributed by atoms with Gasteiger partial charge in [-0.15, -0.1) is 0 Å². The van der Waals surface area contributed by atoms with Crippen molar-refractivity contribution in [3.05, 3.63) is 15.9 Å². The molecule has 1 heterocycles. The lowest BCUT2D eigenvalue weighted by Crippen LogP contribution is -2.43. The van der Waals surface area contributed by atoms with Gasteiger partial charge in [0, 0.05) is 20.1 Å². The lowest BCUT2D eigenvalue weighted by atomic mass is 9.79. The Kier molecular flexibility index (Phi) is 4.69. The summed E-state index contributed by atoms with van der Waals surface area (Å²) in [6.45, 7) is 5.65. The van der Waals surface area contributed by atoms with Crippen molar-refractivity contribution in [2.24, 2.45) is 13.0 Å². The fourth-order valence-electron chi connectivity index (χ4n) is 2.76. The van der Waals surface area contributed by atoms with Gasteiger partial charge in [0.2, 0.25) is 0 Å². The van der Waals surface area contributed by atoms with Gasteiger partial charge in [-0.3, -0.25) is 4.68 Å². The summed E-state index contributed by atoms with van der Waals surface area (Å²) in [6, 6.07) is 0. The normalized spacial score (nSPS) is 27.7. The highest BCUT2D eigenvalue weighted by molar-refractivity contribution is 9.10. The van der Waals surface area contributed by atoms with E-state index in [-0.39, 0.29) is 0 Å². The van der Waals surface area contributed by atoms with Crippen molar-refractivity contribution in [2.45, 2.75) is 51.7 Å². The minimum atomic E-state index is -0.521. The first-order valence-electron chi connectivity index (χ1n) is 7.02. The van der Waals surface area contributed by atoms with Gasteiger partial charge in [0.15, 0.2) is 0 Å². The zero-order chi connectivity index (χ0) is 14.0. The number of aliphatic hydroxyl groups is 1. The summed E-state index contributed by atoms with van der Waals surface area (Å²) in [6.07, 6.45) is 4.08. The number of aromatic nitrogens is 2. The SMILES string of the molecule is Cc1nn(C)c(CNCC2(O)CCC(C)CC2)c1Br. The average molecular weight is 330 g/mol. The molecule has 0 saturated heterocycles. The molecule has 1 aliphatic rings. The van der Waals surface area contributed by atoms with Gasteiger partial charge in [0.1, 0.15) is 0 Å². The third-order valence-electron chi connectivity index (χ3n) is 4.21. The largest absolute Gasteiger partial charge is 0.389 e. The number of hydrogen-bond donors (Lipinski definition) is 2. The van der Waals surface area contributed by atoms with Crippen LogP contribution in [0.2, 0.25) is 0 Å². The predicted octanol–water partition coefficient (Wildman–Crippen LogP) is 2.52. The Labute approximate surface area is 123 Å². The molecule has 4 nitrogen and oxygen atoms in total. The minimum Gasteiger partial charge on any atom is -0.389 e. The van der Waals surface area contributed by atoms with Crippen LogP contribution in [0.25, 0.3) is 0 Å². The second-order valence-electron chi connectivity index (χ2n) is 5.98. The van der Waals surface area contributed by atoms with Crippen LogP contribution >= 0.6 is 15.9 Å². The number of halogens is 1. The van der Waals surface area contributed by atoms with Crippen molar-refractivity contribution in [3.63, 3.8) is 0 Å². The maximum Gasteiger partial charge on any atom is 0.0771 e. The summed E-state index contributed by atoms with van der Waals surface area (Å²) < 4.78 is 2.95. The Morgan fingerprint density at radius 1 is 1.47 bits per heavy atom. The minimum absolute atomic E-state index is 0.521. The highest BCUT2D eigenvalue weighted by Gasteiger charge is 2.31. The Bertz CT molecular complexity index is 436. The van der Waals surface area contributed by atoms with Crippen molar-refractivity contribution < 1.29 is 5.11 Å². The molecule has 1 aliphatic carbocycles. The van der Waals surface area contributed by atoms with Crippen molar-refractivity contribution in [2.75, 3.05) is 6.54 Å². The standard InChI is InChI=1S/C14H24BrN3O/c1-10-4-6-14(19,7-5-10)9-16-8-12-13(15)11(2)17-18(12)3/h10,16,19H,4-9H2,1-3H3. The molecule has 0 aliphatic heterocycles. The molecule has 2 rings (SSSR count). The number of hydrogen-bond acceptors (Lipinski definition) is 3. The molecule has 0 aromatic carbocycles. The molecular weight excluding hydrogens is 306 g/mol. The van der Waals surface area contributed by atoms with Crippen LogP contribution in [-0.4, -0.2) is 27.0 Å². The summed E-state index contributed by atoms with van der Waals surface area (Å²) in [7, 11) is 1.95. The van der Waals surface area contributed by atoms with Crippen molar-refractivity contribution in [1.82, 2.24) is 15.1 Å². The van der Waals surface area contributed by atoms with Gasteiger partial charge < -0.3 is 10.4 Å². The average Bonchev–Trinajstić information content (AvgIpc) is 2.60. The van der Waals surface area contributed by atoms with Crippen LogP contribution in [0.5, 0.6) is 0 Å². The quantitative estimate of drug-likeness (QED) is 0.892. The zero-order valence-corrected chi connectivity index (χ0v) is 13.6. The fraction of sp³-hybridized carbons (Fsp3) is 0.786. The summed E-state index contributed by atoms with van der Waals surface area (Å²) in [5.74, 6) is 0.758. The first-order valence-corrected chi connectivity index (χ1v) is 7.82. The van der Waals surface area contributed by atoms with Crippen LogP contribution < -0.4 is 5.32 Å². The van der Waals surface area contributed by atoms with Gasteiger partial charge >= 0.3 is 0 Å². The van der Waals surface area contributed by atoms with Gasteiger partial charge in [-0.2, -0.15) is 5.10 Å². The van der Waals surface area contributed by atoms with Crippen LogP contribution in [0.1, 0.15) is 44.0 Å². The number of nitrogens with one attached hydrogen (secondary N) is 1. The van der Waals surface area contributed by atoms with E-state index in [9.17, 15) is 5.11 Å². The third-order valence-corrected chi connectivity index (χ3v) is 5.24. The van der Waals surface area contributed by atoms with Crippen LogP contribution in [0.4, 0.5) is 0 Å². The maximum atomic E-state index is 10.5. The maximum absolute atomic E-state index is 10.5. The van der Waals surface area contributed by atoms with Gasteiger partial charge in [0.05, 0.1) is 21.5 Å². The van der Waals surface area contributed by atoms with E-state index < -0.39 is 5.60 Å². The van der Waals surface area contributed by atoms with Gasteiger partial charge in [0.25, 0.3) is 0 Å². The van der Waals surface area contributed by atoms with Crippen molar-refractivity contribution in [3.8, 4) is 0 Å². The molecule has 0 unspecified atom stereocenters. The Hall–Kier alpha value is -0.390. The Morgan fingerprint density at radius 2 is 2.11 bits per heavy atom. The molecule has 1 aromatic rings. The zero-order valence-electron chi connectivity index (χ0n) is 12.0. The van der Waals surface area contributed by atoms with E-state index in [0.29, 0.717) is 6.54 Å². The van der Waals surface area contributed by atoms with Gasteiger partial charge in [-0.05, 0) is 54.5 Å². The molecule has 1 fully saturated rings. The molecule has 0 atom stereocenters. The van der Waals surface area contributed by atoms with Gasteiger partial charge in [-0.1, -0.05) is 6.92 Å². The van der Waals surface area contributed by atoms with E-state index in [1.54, 1.807) is 0 Å². The molecule has 0 amide bonds. The molecule has 2 N–H and O–H groups in total. The Balaban J connectivity index is 1.86. The molecule has 0 radical (unpaired) electrons. The first-order chi connectivity index (χ1) is 8.91. The van der Waals surface area contributed by atoms with E-state index >= 15 is 0 Å². The van der Waals surface area contributed by atoms with E-state index in [0.717, 1.165) is 54.0 Å². The highest BCUT2D eigenvalue weighted by Crippen LogP contribution is 2.31. The second-order valence-corrected chi connectivity index (χ2v) is 6.77. The molecule has 0 spiro atoms. The van der Waals surface area contributed by atoms with Crippen LogP contribution in [0.15, 0.2) is 4.47 Å². The van der Waals surface area contributed by atoms with E-state index in [1.165, 1.54) is 0 Å². The monoisotopic (exact) mass is 329 g/mol. The van der Waals surface area contributed by atoms with Crippen LogP contribution in [-0.2, 0) is 13.6 Å². The molecule has 0 bridgehead atoms. The highest BCUT2D eigenvalue weighted by atomic mass is 79.9. The smallest absolute Gasteiger partial charge is 0.0771 e. The van der Waals surface area contributed by atoms with E-state index in [2.05, 4.69) is 33.3 Å². The first kappa shape index (κ1) is 15.0. The summed E-state index contributed by atoms with van der Waals surface area (Å²) >= 11 is 3.56. The molecule has 1 saturated carbocycles. The summed E-state index contributed by atoms with van der Waals surface area (Å²) in [5, 5.41) is 18.3. The topological polar surface area (TPSA) is 50.1 Å². The molecule has 1 aromatic heterocycles. The van der Waals surface area contributed by atoms with Crippen LogP contribution in [0, 0.1) is 12.8 Å². The lowest BCUT2D eigenvalue weighted by molar-refractivity contribution is -0.00641. The summed E-state index contributed by atoms with van der Waals surface area (Å²) in [4.78, 5) is 0. The third kappa shape index (κ3) is 3.58. The van der Waals surface area contributed by atoms with Gasteiger partial charge in [-0.25, -0.2) is 0 Å². The predicted molar refractivity (Wildman–Crippen MR) is 79.9 cm³/mol. The number of aryl methyl sites for hydroxylation is 2. The molecule has 108 valence electrons. The number of rotatable bonds is 4.